The molecular formula is C23H22ClFN4O3. The summed E-state index contributed by atoms with van der Waals surface area (Å²) in [6, 6.07) is 6.85. The molecule has 1 amide bonds. The van der Waals surface area contributed by atoms with Crippen molar-refractivity contribution >= 4 is 28.9 Å². The highest BCUT2D eigenvalue weighted by Crippen LogP contribution is 2.44. The van der Waals surface area contributed by atoms with Gasteiger partial charge < -0.3 is 25.1 Å². The zero-order valence-corrected chi connectivity index (χ0v) is 18.1. The zero-order chi connectivity index (χ0) is 22.2. The Morgan fingerprint density at radius 1 is 1.38 bits per heavy atom. The number of amides is 1. The van der Waals surface area contributed by atoms with E-state index in [1.807, 2.05) is 0 Å². The molecule has 0 unspecified atom stereocenters. The van der Waals surface area contributed by atoms with Gasteiger partial charge in [-0.1, -0.05) is 17.7 Å². The van der Waals surface area contributed by atoms with E-state index in [4.69, 9.17) is 21.1 Å². The van der Waals surface area contributed by atoms with E-state index in [-0.39, 0.29) is 17.9 Å². The Kier molecular flexibility index (Phi) is 5.48. The molecule has 0 bridgehead atoms. The highest BCUT2D eigenvalue weighted by atomic mass is 35.5. The maximum atomic E-state index is 14.8. The summed E-state index contributed by atoms with van der Waals surface area (Å²) in [4.78, 5) is 20.2. The summed E-state index contributed by atoms with van der Waals surface area (Å²) in [6.45, 7) is 1.25. The van der Waals surface area contributed by atoms with Crippen molar-refractivity contribution in [2.24, 2.45) is 0 Å². The van der Waals surface area contributed by atoms with Crippen molar-refractivity contribution in [1.29, 1.82) is 0 Å². The van der Waals surface area contributed by atoms with E-state index >= 15 is 0 Å². The van der Waals surface area contributed by atoms with Crippen LogP contribution in [0.5, 0.6) is 5.75 Å². The van der Waals surface area contributed by atoms with Crippen molar-refractivity contribution in [3.8, 4) is 17.0 Å². The molecule has 9 heteroatoms. The van der Waals surface area contributed by atoms with Crippen molar-refractivity contribution in [3.05, 3.63) is 58.8 Å². The van der Waals surface area contributed by atoms with Crippen LogP contribution in [-0.2, 0) is 4.74 Å². The molecule has 0 radical (unpaired) electrons. The first-order valence-electron chi connectivity index (χ1n) is 10.4. The molecule has 5 rings (SSSR count). The lowest BCUT2D eigenvalue weighted by molar-refractivity contribution is -0.0582. The second-order valence-electron chi connectivity index (χ2n) is 7.89. The Labute approximate surface area is 189 Å². The number of para-hydroxylation sites is 1. The molecule has 166 valence electrons. The van der Waals surface area contributed by atoms with Gasteiger partial charge in [0.1, 0.15) is 0 Å². The molecule has 0 spiro atoms. The van der Waals surface area contributed by atoms with E-state index in [1.165, 1.54) is 13.3 Å². The second-order valence-corrected chi connectivity index (χ2v) is 8.30. The standard InChI is InChI=1S/C23H22ClFN4O3/c1-31-22-15(24)3-2-4-17(22)28-21-18-19(29-20(21)14-5-7-26-11-16(14)25)12(10-27-23(18)30)9-13-6-8-32-13/h2-5,7,11-13,28-29H,6,8-10H2,1H3,(H,27,30)/t12-,13+/m0/s1. The molecule has 7 nitrogen and oxygen atoms in total. The number of rotatable bonds is 6. The number of aromatic nitrogens is 2. The minimum absolute atomic E-state index is 0.0217. The van der Waals surface area contributed by atoms with Gasteiger partial charge in [-0.2, -0.15) is 0 Å². The van der Waals surface area contributed by atoms with Gasteiger partial charge in [0.15, 0.2) is 11.6 Å². The minimum atomic E-state index is -0.494. The number of nitrogens with one attached hydrogen (secondary N) is 3. The quantitative estimate of drug-likeness (QED) is 0.503. The maximum Gasteiger partial charge on any atom is 0.255 e. The number of hydrogen-bond acceptors (Lipinski definition) is 5. The Morgan fingerprint density at radius 3 is 2.94 bits per heavy atom. The van der Waals surface area contributed by atoms with E-state index in [9.17, 15) is 9.18 Å². The fourth-order valence-electron chi connectivity index (χ4n) is 4.31. The van der Waals surface area contributed by atoms with Crippen molar-refractivity contribution in [2.45, 2.75) is 24.9 Å². The number of carbonyl (C=O) groups is 1. The topological polar surface area (TPSA) is 88.3 Å². The molecule has 2 atom stereocenters. The van der Waals surface area contributed by atoms with Crippen molar-refractivity contribution in [3.63, 3.8) is 0 Å². The van der Waals surface area contributed by atoms with Gasteiger partial charge in [-0.25, -0.2) is 4.39 Å². The first kappa shape index (κ1) is 20.8. The van der Waals surface area contributed by atoms with Crippen molar-refractivity contribution in [2.75, 3.05) is 25.6 Å². The zero-order valence-electron chi connectivity index (χ0n) is 17.4. The maximum absolute atomic E-state index is 14.8. The van der Waals surface area contributed by atoms with Crippen LogP contribution in [0.2, 0.25) is 5.02 Å². The number of halogens is 2. The number of carbonyl (C=O) groups excluding carboxylic acids is 1. The molecule has 2 aromatic heterocycles. The number of pyridine rings is 1. The summed E-state index contributed by atoms with van der Waals surface area (Å²) < 4.78 is 25.8. The van der Waals surface area contributed by atoms with Crippen molar-refractivity contribution in [1.82, 2.24) is 15.3 Å². The highest BCUT2D eigenvalue weighted by Gasteiger charge is 2.35. The van der Waals surface area contributed by atoms with Crippen LogP contribution < -0.4 is 15.4 Å². The number of hydrogen-bond donors (Lipinski definition) is 3. The molecular weight excluding hydrogens is 435 g/mol. The molecule has 1 saturated heterocycles. The molecule has 0 saturated carbocycles. The number of fused-ring (bicyclic) bond motifs is 1. The van der Waals surface area contributed by atoms with Crippen LogP contribution in [-0.4, -0.2) is 42.2 Å². The number of benzene rings is 1. The smallest absolute Gasteiger partial charge is 0.255 e. The Morgan fingerprint density at radius 2 is 2.22 bits per heavy atom. The highest BCUT2D eigenvalue weighted by molar-refractivity contribution is 6.32. The lowest BCUT2D eigenvalue weighted by Crippen LogP contribution is -2.38. The van der Waals surface area contributed by atoms with Crippen LogP contribution in [0, 0.1) is 5.82 Å². The number of H-pyrrole nitrogens is 1. The van der Waals surface area contributed by atoms with E-state index < -0.39 is 5.82 Å². The lowest BCUT2D eigenvalue weighted by atomic mass is 9.89. The van der Waals surface area contributed by atoms with Crippen LogP contribution in [0.15, 0.2) is 36.7 Å². The number of methoxy groups -OCH3 is 1. The Bertz CT molecular complexity index is 1180. The van der Waals surface area contributed by atoms with Gasteiger partial charge in [-0.05, 0) is 31.0 Å². The largest absolute Gasteiger partial charge is 0.493 e. The molecule has 4 heterocycles. The van der Waals surface area contributed by atoms with E-state index in [0.29, 0.717) is 45.5 Å². The van der Waals surface area contributed by atoms with Crippen LogP contribution in [0.1, 0.15) is 34.8 Å². The summed E-state index contributed by atoms with van der Waals surface area (Å²) in [5, 5.41) is 6.67. The van der Waals surface area contributed by atoms with Crippen LogP contribution in [0.3, 0.4) is 0 Å². The van der Waals surface area contributed by atoms with E-state index in [2.05, 4.69) is 20.6 Å². The third-order valence-corrected chi connectivity index (χ3v) is 6.28. The van der Waals surface area contributed by atoms with Crippen LogP contribution >= 0.6 is 11.6 Å². The van der Waals surface area contributed by atoms with Gasteiger partial charge in [-0.15, -0.1) is 0 Å². The molecule has 0 aliphatic carbocycles. The minimum Gasteiger partial charge on any atom is -0.493 e. The summed E-state index contributed by atoms with van der Waals surface area (Å²) in [6.07, 6.45) is 4.60. The lowest BCUT2D eigenvalue weighted by Gasteiger charge is -2.32. The normalized spacial score (nSPS) is 19.7. The first-order chi connectivity index (χ1) is 15.6. The molecule has 3 N–H and O–H groups in total. The fraction of sp³-hybridized carbons (Fsp3) is 0.304. The first-order valence-corrected chi connectivity index (χ1v) is 10.8. The predicted molar refractivity (Wildman–Crippen MR) is 119 cm³/mol. The third kappa shape index (κ3) is 3.59. The van der Waals surface area contributed by atoms with Crippen LogP contribution in [0.4, 0.5) is 15.8 Å². The molecule has 1 fully saturated rings. The number of aromatic amines is 1. The van der Waals surface area contributed by atoms with E-state index in [1.54, 1.807) is 24.3 Å². The molecule has 32 heavy (non-hydrogen) atoms. The molecule has 1 aromatic carbocycles. The summed E-state index contributed by atoms with van der Waals surface area (Å²) in [5.41, 5.74) is 3.02. The van der Waals surface area contributed by atoms with Gasteiger partial charge in [0, 0.05) is 36.5 Å². The summed E-state index contributed by atoms with van der Waals surface area (Å²) in [5.74, 6) is -0.271. The monoisotopic (exact) mass is 456 g/mol. The Hall–Kier alpha value is -3.10. The van der Waals surface area contributed by atoms with Gasteiger partial charge >= 0.3 is 0 Å². The van der Waals surface area contributed by atoms with Gasteiger partial charge in [0.05, 0.1) is 47.1 Å². The average molecular weight is 457 g/mol. The summed E-state index contributed by atoms with van der Waals surface area (Å²) >= 11 is 6.29. The van der Waals surface area contributed by atoms with Gasteiger partial charge in [0.2, 0.25) is 0 Å². The number of nitrogens with zero attached hydrogens (tertiary/aromatic N) is 1. The Balaban J connectivity index is 1.66. The second kappa shape index (κ2) is 8.44. The molecule has 3 aromatic rings. The third-order valence-electron chi connectivity index (χ3n) is 5.99. The molecule has 2 aliphatic heterocycles. The summed E-state index contributed by atoms with van der Waals surface area (Å²) in [7, 11) is 1.52. The van der Waals surface area contributed by atoms with Crippen LogP contribution in [0.25, 0.3) is 11.3 Å². The average Bonchev–Trinajstić information content (AvgIpc) is 3.12. The number of anilines is 2. The molecule has 2 aliphatic rings. The van der Waals surface area contributed by atoms with E-state index in [0.717, 1.165) is 31.3 Å². The fourth-order valence-corrected chi connectivity index (χ4v) is 4.56. The van der Waals surface area contributed by atoms with Gasteiger partial charge in [-0.3, -0.25) is 9.78 Å². The number of ether oxygens (including phenoxy) is 2. The van der Waals surface area contributed by atoms with Gasteiger partial charge in [0.25, 0.3) is 5.91 Å². The predicted octanol–water partition coefficient (Wildman–Crippen LogP) is 4.63. The SMILES string of the molecule is COc1c(Cl)cccc1Nc1c(-c2ccncc2F)[nH]c2c1C(=O)NC[C@@H]2C[C@H]1CCO1. The van der Waals surface area contributed by atoms with Crippen molar-refractivity contribution < 1.29 is 18.7 Å².